The monoisotopic (exact) mass is 228 g/mol. The first kappa shape index (κ1) is 11.5. The molecule has 1 N–H and O–H groups in total. The Balaban J connectivity index is 2.43. The summed E-state index contributed by atoms with van der Waals surface area (Å²) in [5.74, 6) is 1.02. The molecule has 2 rings (SSSR count). The molecule has 0 saturated heterocycles. The van der Waals surface area contributed by atoms with Gasteiger partial charge in [-0.3, -0.25) is 0 Å². The van der Waals surface area contributed by atoms with Gasteiger partial charge >= 0.3 is 0 Å². The Morgan fingerprint density at radius 3 is 2.35 bits per heavy atom. The summed E-state index contributed by atoms with van der Waals surface area (Å²) in [4.78, 5) is 0. The number of phenolic OH excluding ortho intramolecular Hbond substituents is 1. The van der Waals surface area contributed by atoms with E-state index in [9.17, 15) is 5.11 Å². The van der Waals surface area contributed by atoms with Gasteiger partial charge in [0.1, 0.15) is 11.5 Å². The zero-order chi connectivity index (χ0) is 12.3. The zero-order valence-corrected chi connectivity index (χ0v) is 10.1. The van der Waals surface area contributed by atoms with Crippen LogP contribution in [-0.2, 0) is 6.42 Å². The maximum atomic E-state index is 9.85. The Bertz CT molecular complexity index is 501. The molecule has 0 aromatic heterocycles. The predicted octanol–water partition coefficient (Wildman–Crippen LogP) is 3.63. The fourth-order valence-corrected chi connectivity index (χ4v) is 1.79. The van der Waals surface area contributed by atoms with Crippen LogP contribution in [0.25, 0.3) is 11.1 Å². The Kier molecular flexibility index (Phi) is 3.33. The van der Waals surface area contributed by atoms with Gasteiger partial charge in [0.15, 0.2) is 0 Å². The molecule has 2 aromatic rings. The van der Waals surface area contributed by atoms with Crippen molar-refractivity contribution >= 4 is 0 Å². The van der Waals surface area contributed by atoms with Crippen molar-refractivity contribution in [3.63, 3.8) is 0 Å². The summed E-state index contributed by atoms with van der Waals surface area (Å²) in [5, 5.41) is 9.85. The van der Waals surface area contributed by atoms with Crippen molar-refractivity contribution < 1.29 is 9.84 Å². The summed E-state index contributed by atoms with van der Waals surface area (Å²) in [6.07, 6.45) is 1.02. The van der Waals surface area contributed by atoms with Crippen LogP contribution < -0.4 is 4.74 Å². The van der Waals surface area contributed by atoms with Crippen molar-refractivity contribution in [3.8, 4) is 22.6 Å². The van der Waals surface area contributed by atoms with Crippen LogP contribution in [0.3, 0.4) is 0 Å². The summed E-state index contributed by atoms with van der Waals surface area (Å²) in [7, 11) is 1.62. The summed E-state index contributed by atoms with van der Waals surface area (Å²) < 4.78 is 5.17. The van der Waals surface area contributed by atoms with E-state index in [2.05, 4.69) is 19.1 Å². The lowest BCUT2D eigenvalue weighted by Crippen LogP contribution is -1.86. The third-order valence-electron chi connectivity index (χ3n) is 2.88. The number of methoxy groups -OCH3 is 1. The molecule has 0 aliphatic rings. The average molecular weight is 228 g/mol. The molecule has 0 bridgehead atoms. The molecule has 88 valence electrons. The second-order valence-electron chi connectivity index (χ2n) is 3.93. The van der Waals surface area contributed by atoms with Crippen LogP contribution in [0.1, 0.15) is 12.5 Å². The molecule has 0 aliphatic heterocycles. The van der Waals surface area contributed by atoms with Gasteiger partial charge in [0, 0.05) is 5.56 Å². The number of phenols is 1. The Labute approximate surface area is 101 Å². The van der Waals surface area contributed by atoms with Crippen molar-refractivity contribution in [1.82, 2.24) is 0 Å². The molecule has 17 heavy (non-hydrogen) atoms. The number of rotatable bonds is 3. The summed E-state index contributed by atoms with van der Waals surface area (Å²) >= 11 is 0. The largest absolute Gasteiger partial charge is 0.507 e. The minimum absolute atomic E-state index is 0.273. The van der Waals surface area contributed by atoms with E-state index < -0.39 is 0 Å². The molecule has 0 atom stereocenters. The van der Waals surface area contributed by atoms with Crippen molar-refractivity contribution in [2.75, 3.05) is 7.11 Å². The van der Waals surface area contributed by atoms with Crippen molar-refractivity contribution in [3.05, 3.63) is 48.0 Å². The molecular formula is C15H16O2. The number of hydrogen-bond donors (Lipinski definition) is 1. The number of ether oxygens (including phenoxy) is 1. The smallest absolute Gasteiger partial charge is 0.123 e. The highest BCUT2D eigenvalue weighted by Crippen LogP contribution is 2.32. The van der Waals surface area contributed by atoms with Gasteiger partial charge in [0.05, 0.1) is 7.11 Å². The second kappa shape index (κ2) is 4.91. The van der Waals surface area contributed by atoms with Gasteiger partial charge in [-0.05, 0) is 35.7 Å². The van der Waals surface area contributed by atoms with Gasteiger partial charge in [0.25, 0.3) is 0 Å². The number of hydrogen-bond acceptors (Lipinski definition) is 2. The first-order valence-corrected chi connectivity index (χ1v) is 5.71. The molecule has 0 saturated carbocycles. The quantitative estimate of drug-likeness (QED) is 0.869. The number of benzene rings is 2. The molecule has 2 heteroatoms. The van der Waals surface area contributed by atoms with Crippen LogP contribution in [0.4, 0.5) is 0 Å². The SMILES string of the molecule is CCc1ccc(-c2cc(OC)ccc2O)cc1. The molecule has 0 radical (unpaired) electrons. The highest BCUT2D eigenvalue weighted by atomic mass is 16.5. The Morgan fingerprint density at radius 2 is 1.76 bits per heavy atom. The van der Waals surface area contributed by atoms with Gasteiger partial charge in [-0.25, -0.2) is 0 Å². The first-order chi connectivity index (χ1) is 8.24. The van der Waals surface area contributed by atoms with E-state index in [1.165, 1.54) is 5.56 Å². The third-order valence-corrected chi connectivity index (χ3v) is 2.88. The van der Waals surface area contributed by atoms with Crippen LogP contribution in [0, 0.1) is 0 Å². The highest BCUT2D eigenvalue weighted by molar-refractivity contribution is 5.71. The van der Waals surface area contributed by atoms with Crippen molar-refractivity contribution in [2.24, 2.45) is 0 Å². The van der Waals surface area contributed by atoms with E-state index >= 15 is 0 Å². The van der Waals surface area contributed by atoms with Crippen LogP contribution in [0.15, 0.2) is 42.5 Å². The fraction of sp³-hybridized carbons (Fsp3) is 0.200. The Morgan fingerprint density at radius 1 is 1.06 bits per heavy atom. The average Bonchev–Trinajstić information content (AvgIpc) is 2.39. The topological polar surface area (TPSA) is 29.5 Å². The van der Waals surface area contributed by atoms with E-state index in [1.54, 1.807) is 19.2 Å². The van der Waals surface area contributed by atoms with Crippen LogP contribution in [0.2, 0.25) is 0 Å². The zero-order valence-electron chi connectivity index (χ0n) is 10.1. The highest BCUT2D eigenvalue weighted by Gasteiger charge is 2.05. The van der Waals surface area contributed by atoms with E-state index in [0.29, 0.717) is 0 Å². The molecular weight excluding hydrogens is 212 g/mol. The fourth-order valence-electron chi connectivity index (χ4n) is 1.79. The van der Waals surface area contributed by atoms with Gasteiger partial charge in [-0.1, -0.05) is 31.2 Å². The Hall–Kier alpha value is -1.96. The first-order valence-electron chi connectivity index (χ1n) is 5.71. The lowest BCUT2D eigenvalue weighted by Gasteiger charge is -2.08. The minimum atomic E-state index is 0.273. The molecule has 2 nitrogen and oxygen atoms in total. The van der Waals surface area contributed by atoms with Crippen LogP contribution in [-0.4, -0.2) is 12.2 Å². The number of aryl methyl sites for hydroxylation is 1. The maximum absolute atomic E-state index is 9.85. The summed E-state index contributed by atoms with van der Waals surface area (Å²) in [6, 6.07) is 13.4. The molecule has 0 aliphatic carbocycles. The van der Waals surface area contributed by atoms with E-state index in [1.807, 2.05) is 18.2 Å². The van der Waals surface area contributed by atoms with Crippen LogP contribution >= 0.6 is 0 Å². The van der Waals surface area contributed by atoms with Gasteiger partial charge < -0.3 is 9.84 Å². The summed E-state index contributed by atoms with van der Waals surface area (Å²) in [5.41, 5.74) is 3.08. The second-order valence-corrected chi connectivity index (χ2v) is 3.93. The van der Waals surface area contributed by atoms with Crippen LogP contribution in [0.5, 0.6) is 11.5 Å². The van der Waals surface area contributed by atoms with Crippen molar-refractivity contribution in [2.45, 2.75) is 13.3 Å². The van der Waals surface area contributed by atoms with E-state index in [0.717, 1.165) is 23.3 Å². The van der Waals surface area contributed by atoms with Gasteiger partial charge in [0.2, 0.25) is 0 Å². The molecule has 0 fully saturated rings. The minimum Gasteiger partial charge on any atom is -0.507 e. The standard InChI is InChI=1S/C15H16O2/c1-3-11-4-6-12(7-5-11)14-10-13(17-2)8-9-15(14)16/h4-10,16H,3H2,1-2H3. The normalized spacial score (nSPS) is 10.2. The van der Waals surface area contributed by atoms with Crippen molar-refractivity contribution in [1.29, 1.82) is 0 Å². The van der Waals surface area contributed by atoms with E-state index in [-0.39, 0.29) is 5.75 Å². The lowest BCUT2D eigenvalue weighted by atomic mass is 10.0. The molecule has 0 heterocycles. The number of aromatic hydroxyl groups is 1. The molecule has 0 spiro atoms. The molecule has 0 unspecified atom stereocenters. The third kappa shape index (κ3) is 2.41. The van der Waals surface area contributed by atoms with E-state index in [4.69, 9.17) is 4.74 Å². The van der Waals surface area contributed by atoms with Gasteiger partial charge in [-0.15, -0.1) is 0 Å². The predicted molar refractivity (Wildman–Crippen MR) is 69.5 cm³/mol. The molecule has 0 amide bonds. The molecule has 2 aromatic carbocycles. The summed E-state index contributed by atoms with van der Waals surface area (Å²) in [6.45, 7) is 2.12. The maximum Gasteiger partial charge on any atom is 0.123 e. The lowest BCUT2D eigenvalue weighted by molar-refractivity contribution is 0.412. The van der Waals surface area contributed by atoms with Gasteiger partial charge in [-0.2, -0.15) is 0 Å².